The molecular formula is C22H22N2O4. The van der Waals surface area contributed by atoms with Gasteiger partial charge in [-0.1, -0.05) is 18.2 Å². The van der Waals surface area contributed by atoms with E-state index in [1.807, 2.05) is 65.5 Å². The monoisotopic (exact) mass is 378 g/mol. The second-order valence-corrected chi connectivity index (χ2v) is 6.27. The van der Waals surface area contributed by atoms with E-state index < -0.39 is 5.97 Å². The number of para-hydroxylation sites is 1. The van der Waals surface area contributed by atoms with Crippen LogP contribution < -0.4 is 4.74 Å². The molecular weight excluding hydrogens is 356 g/mol. The molecule has 0 aliphatic heterocycles. The van der Waals surface area contributed by atoms with Crippen molar-refractivity contribution < 1.29 is 19.1 Å². The number of ether oxygens (including phenoxy) is 2. The van der Waals surface area contributed by atoms with Gasteiger partial charge in [0, 0.05) is 37.2 Å². The van der Waals surface area contributed by atoms with E-state index in [1.165, 1.54) is 4.90 Å². The summed E-state index contributed by atoms with van der Waals surface area (Å²) in [5.74, 6) is -0.108. The van der Waals surface area contributed by atoms with Crippen LogP contribution in [-0.2, 0) is 16.1 Å². The van der Waals surface area contributed by atoms with Crippen LogP contribution in [0.3, 0.4) is 0 Å². The standard InChI is InChI=1S/C22H22N2O4/c1-23(15-18-7-3-4-8-20(18)27-2)21(25)16-28-22(26)17-9-11-19(12-10-17)24-13-5-6-14-24/h3-14H,15-16H2,1-2H3. The third-order valence-corrected chi connectivity index (χ3v) is 4.36. The highest BCUT2D eigenvalue weighted by Gasteiger charge is 2.15. The fourth-order valence-electron chi connectivity index (χ4n) is 2.77. The van der Waals surface area contributed by atoms with E-state index in [-0.39, 0.29) is 12.5 Å². The highest BCUT2D eigenvalue weighted by molar-refractivity contribution is 5.91. The van der Waals surface area contributed by atoms with E-state index in [1.54, 1.807) is 26.3 Å². The maximum absolute atomic E-state index is 12.3. The van der Waals surface area contributed by atoms with Gasteiger partial charge in [0.15, 0.2) is 6.61 Å². The third-order valence-electron chi connectivity index (χ3n) is 4.36. The van der Waals surface area contributed by atoms with E-state index in [2.05, 4.69) is 0 Å². The Balaban J connectivity index is 1.54. The second-order valence-electron chi connectivity index (χ2n) is 6.27. The maximum atomic E-state index is 12.3. The number of aromatic nitrogens is 1. The molecule has 1 amide bonds. The van der Waals surface area contributed by atoms with Gasteiger partial charge in [0.25, 0.3) is 5.91 Å². The lowest BCUT2D eigenvalue weighted by Crippen LogP contribution is -2.31. The molecule has 6 nitrogen and oxygen atoms in total. The first-order valence-corrected chi connectivity index (χ1v) is 8.85. The van der Waals surface area contributed by atoms with Gasteiger partial charge >= 0.3 is 5.97 Å². The predicted molar refractivity (Wildman–Crippen MR) is 106 cm³/mol. The van der Waals surface area contributed by atoms with Crippen LogP contribution >= 0.6 is 0 Å². The van der Waals surface area contributed by atoms with Crippen LogP contribution in [0.4, 0.5) is 0 Å². The fourth-order valence-corrected chi connectivity index (χ4v) is 2.77. The molecule has 0 aliphatic carbocycles. The zero-order valence-corrected chi connectivity index (χ0v) is 15.9. The van der Waals surface area contributed by atoms with Gasteiger partial charge in [0.05, 0.1) is 12.7 Å². The van der Waals surface area contributed by atoms with Crippen LogP contribution in [0, 0.1) is 0 Å². The van der Waals surface area contributed by atoms with E-state index in [0.29, 0.717) is 17.9 Å². The van der Waals surface area contributed by atoms with Gasteiger partial charge in [-0.15, -0.1) is 0 Å². The number of carbonyl (C=O) groups excluding carboxylic acids is 2. The molecule has 1 aromatic heterocycles. The molecule has 6 heteroatoms. The summed E-state index contributed by atoms with van der Waals surface area (Å²) in [6.45, 7) is 0.0514. The Bertz CT molecular complexity index is 933. The zero-order valence-electron chi connectivity index (χ0n) is 15.9. The smallest absolute Gasteiger partial charge is 0.338 e. The molecule has 0 saturated carbocycles. The zero-order chi connectivity index (χ0) is 19.9. The summed E-state index contributed by atoms with van der Waals surface area (Å²) in [5.41, 5.74) is 2.22. The van der Waals surface area contributed by atoms with Gasteiger partial charge < -0.3 is 18.9 Å². The second kappa shape index (κ2) is 8.90. The number of likely N-dealkylation sites (N-methyl/N-ethyl adjacent to an activating group) is 1. The lowest BCUT2D eigenvalue weighted by atomic mass is 10.2. The summed E-state index contributed by atoms with van der Waals surface area (Å²) in [7, 11) is 3.25. The molecule has 3 rings (SSSR count). The van der Waals surface area contributed by atoms with Gasteiger partial charge in [-0.05, 0) is 42.5 Å². The first-order chi connectivity index (χ1) is 13.6. The van der Waals surface area contributed by atoms with Crippen molar-refractivity contribution in [1.29, 1.82) is 0 Å². The Morgan fingerprint density at radius 3 is 2.32 bits per heavy atom. The van der Waals surface area contributed by atoms with Crippen molar-refractivity contribution in [3.8, 4) is 11.4 Å². The molecule has 0 aliphatic rings. The molecule has 0 saturated heterocycles. The van der Waals surface area contributed by atoms with E-state index in [9.17, 15) is 9.59 Å². The summed E-state index contributed by atoms with van der Waals surface area (Å²) in [6, 6.07) is 18.3. The molecule has 28 heavy (non-hydrogen) atoms. The van der Waals surface area contributed by atoms with Gasteiger partial charge in [0.2, 0.25) is 0 Å². The SMILES string of the molecule is COc1ccccc1CN(C)C(=O)COC(=O)c1ccc(-n2cccc2)cc1. The normalized spacial score (nSPS) is 10.4. The number of nitrogens with zero attached hydrogens (tertiary/aromatic N) is 2. The number of amides is 1. The Labute approximate surface area is 163 Å². The molecule has 0 fully saturated rings. The van der Waals surface area contributed by atoms with Crippen LogP contribution in [0.5, 0.6) is 5.75 Å². The summed E-state index contributed by atoms with van der Waals surface area (Å²) >= 11 is 0. The molecule has 3 aromatic rings. The van der Waals surface area contributed by atoms with E-state index >= 15 is 0 Å². The first kappa shape index (κ1) is 19.2. The number of esters is 1. The highest BCUT2D eigenvalue weighted by Crippen LogP contribution is 2.18. The molecule has 0 spiro atoms. The first-order valence-electron chi connectivity index (χ1n) is 8.85. The van der Waals surface area contributed by atoms with Crippen LogP contribution in [-0.4, -0.2) is 42.1 Å². The summed E-state index contributed by atoms with van der Waals surface area (Å²) < 4.78 is 12.4. The number of rotatable bonds is 7. The summed E-state index contributed by atoms with van der Waals surface area (Å²) in [6.07, 6.45) is 3.84. The van der Waals surface area contributed by atoms with E-state index in [4.69, 9.17) is 9.47 Å². The topological polar surface area (TPSA) is 60.8 Å². The average Bonchev–Trinajstić information content (AvgIpc) is 3.27. The minimum Gasteiger partial charge on any atom is -0.496 e. The number of benzene rings is 2. The van der Waals surface area contributed by atoms with Crippen molar-refractivity contribution in [2.45, 2.75) is 6.54 Å². The van der Waals surface area contributed by atoms with Gasteiger partial charge in [-0.3, -0.25) is 4.79 Å². The van der Waals surface area contributed by atoms with E-state index in [0.717, 1.165) is 11.3 Å². The Morgan fingerprint density at radius 2 is 1.64 bits per heavy atom. The lowest BCUT2D eigenvalue weighted by molar-refractivity contribution is -0.133. The molecule has 0 N–H and O–H groups in total. The molecule has 0 radical (unpaired) electrons. The Morgan fingerprint density at radius 1 is 0.964 bits per heavy atom. The summed E-state index contributed by atoms with van der Waals surface area (Å²) in [5, 5.41) is 0. The Hall–Kier alpha value is -3.54. The van der Waals surface area contributed by atoms with Crippen LogP contribution in [0.25, 0.3) is 5.69 Å². The minimum atomic E-state index is -0.530. The number of carbonyl (C=O) groups is 2. The highest BCUT2D eigenvalue weighted by atomic mass is 16.5. The van der Waals surface area contributed by atoms with Crippen molar-refractivity contribution in [1.82, 2.24) is 9.47 Å². The maximum Gasteiger partial charge on any atom is 0.338 e. The molecule has 0 atom stereocenters. The molecule has 2 aromatic carbocycles. The Kier molecular flexibility index (Phi) is 6.11. The summed E-state index contributed by atoms with van der Waals surface area (Å²) in [4.78, 5) is 26.0. The van der Waals surface area contributed by atoms with Gasteiger partial charge in [0.1, 0.15) is 5.75 Å². The average molecular weight is 378 g/mol. The fraction of sp³-hybridized carbons (Fsp3) is 0.182. The van der Waals surface area contributed by atoms with Crippen molar-refractivity contribution in [3.05, 3.63) is 84.2 Å². The molecule has 0 unspecified atom stereocenters. The van der Waals surface area contributed by atoms with Gasteiger partial charge in [-0.2, -0.15) is 0 Å². The number of methoxy groups -OCH3 is 1. The molecule has 0 bridgehead atoms. The largest absolute Gasteiger partial charge is 0.496 e. The number of hydrogen-bond donors (Lipinski definition) is 0. The van der Waals surface area contributed by atoms with Crippen molar-refractivity contribution in [2.24, 2.45) is 0 Å². The van der Waals surface area contributed by atoms with Crippen molar-refractivity contribution in [2.75, 3.05) is 20.8 Å². The van der Waals surface area contributed by atoms with Crippen LogP contribution in [0.2, 0.25) is 0 Å². The van der Waals surface area contributed by atoms with Crippen LogP contribution in [0.1, 0.15) is 15.9 Å². The molecule has 1 heterocycles. The quantitative estimate of drug-likeness (QED) is 0.592. The molecule has 144 valence electrons. The predicted octanol–water partition coefficient (Wildman–Crippen LogP) is 3.30. The third kappa shape index (κ3) is 4.59. The van der Waals surface area contributed by atoms with Gasteiger partial charge in [-0.25, -0.2) is 4.79 Å². The van der Waals surface area contributed by atoms with Crippen LogP contribution in [0.15, 0.2) is 73.1 Å². The lowest BCUT2D eigenvalue weighted by Gasteiger charge is -2.18. The van der Waals surface area contributed by atoms with Crippen molar-refractivity contribution >= 4 is 11.9 Å². The number of hydrogen-bond acceptors (Lipinski definition) is 4. The minimum absolute atomic E-state index is 0.289. The van der Waals surface area contributed by atoms with Crippen molar-refractivity contribution in [3.63, 3.8) is 0 Å².